The summed E-state index contributed by atoms with van der Waals surface area (Å²) in [6.07, 6.45) is 5.50. The lowest BCUT2D eigenvalue weighted by Gasteiger charge is -2.11. The Morgan fingerprint density at radius 3 is 2.53 bits per heavy atom. The molecule has 2 aliphatic rings. The van der Waals surface area contributed by atoms with Crippen LogP contribution < -0.4 is 0 Å². The molecule has 3 heteroatoms. The molecule has 90 valence electrons. The van der Waals surface area contributed by atoms with E-state index in [0.29, 0.717) is 12.2 Å². The van der Waals surface area contributed by atoms with Crippen molar-refractivity contribution in [2.45, 2.75) is 25.0 Å². The second kappa shape index (κ2) is 4.51. The molecule has 0 aromatic heterocycles. The number of epoxide rings is 2. The van der Waals surface area contributed by atoms with E-state index < -0.39 is 0 Å². The second-order valence-electron chi connectivity index (χ2n) is 4.62. The van der Waals surface area contributed by atoms with Crippen molar-refractivity contribution in [2.75, 3.05) is 13.2 Å². The molecule has 0 spiro atoms. The minimum Gasteiger partial charge on any atom is -0.516 e. The van der Waals surface area contributed by atoms with E-state index in [0.717, 1.165) is 37.9 Å². The molecule has 1 aromatic carbocycles. The van der Waals surface area contributed by atoms with Gasteiger partial charge in [-0.25, -0.2) is 0 Å². The van der Waals surface area contributed by atoms with Crippen molar-refractivity contribution < 1.29 is 14.6 Å². The van der Waals surface area contributed by atoms with E-state index in [-0.39, 0.29) is 0 Å². The van der Waals surface area contributed by atoms with Crippen molar-refractivity contribution in [1.29, 1.82) is 0 Å². The first-order valence-corrected chi connectivity index (χ1v) is 6.01. The zero-order chi connectivity index (χ0) is 11.7. The van der Waals surface area contributed by atoms with Crippen molar-refractivity contribution in [2.24, 2.45) is 0 Å². The third kappa shape index (κ3) is 2.68. The van der Waals surface area contributed by atoms with Gasteiger partial charge in [-0.3, -0.25) is 0 Å². The molecule has 1 N–H and O–H groups in total. The lowest BCUT2D eigenvalue weighted by molar-refractivity contribution is 0.401. The predicted molar refractivity (Wildman–Crippen MR) is 65.0 cm³/mol. The minimum absolute atomic E-state index is 0.363. The Hall–Kier alpha value is -1.32. The number of hydrogen-bond donors (Lipinski definition) is 1. The summed E-state index contributed by atoms with van der Waals surface area (Å²) in [5.41, 5.74) is 3.69. The van der Waals surface area contributed by atoms with Crippen molar-refractivity contribution in [3.8, 4) is 0 Å². The average molecular weight is 232 g/mol. The molecule has 2 unspecified atom stereocenters. The van der Waals surface area contributed by atoms with Gasteiger partial charge in [-0.05, 0) is 22.8 Å². The van der Waals surface area contributed by atoms with E-state index in [1.54, 1.807) is 6.08 Å². The summed E-state index contributed by atoms with van der Waals surface area (Å²) < 4.78 is 10.6. The van der Waals surface area contributed by atoms with Gasteiger partial charge in [-0.2, -0.15) is 0 Å². The topological polar surface area (TPSA) is 45.3 Å². The number of aliphatic hydroxyl groups excluding tert-OH is 1. The highest BCUT2D eigenvalue weighted by Gasteiger charge is 2.28. The van der Waals surface area contributed by atoms with Crippen molar-refractivity contribution in [3.63, 3.8) is 0 Å². The van der Waals surface area contributed by atoms with Crippen LogP contribution in [0, 0.1) is 0 Å². The molecule has 0 radical (unpaired) electrons. The lowest BCUT2D eigenvalue weighted by Crippen LogP contribution is -2.04. The molecular formula is C14H16O3. The van der Waals surface area contributed by atoms with Crippen LogP contribution in [0.5, 0.6) is 0 Å². The molecule has 2 aliphatic heterocycles. The number of aliphatic hydroxyl groups is 1. The molecule has 0 saturated carbocycles. The largest absolute Gasteiger partial charge is 0.516 e. The second-order valence-corrected chi connectivity index (χ2v) is 4.62. The van der Waals surface area contributed by atoms with Gasteiger partial charge in [-0.15, -0.1) is 0 Å². The smallest absolute Gasteiger partial charge is 0.0850 e. The molecule has 17 heavy (non-hydrogen) atoms. The first-order chi connectivity index (χ1) is 8.36. The monoisotopic (exact) mass is 232 g/mol. The van der Waals surface area contributed by atoms with Gasteiger partial charge in [-0.1, -0.05) is 18.2 Å². The average Bonchev–Trinajstić information content (AvgIpc) is 3.18. The molecule has 2 saturated heterocycles. The molecule has 2 fully saturated rings. The first kappa shape index (κ1) is 10.8. The van der Waals surface area contributed by atoms with Gasteiger partial charge in [0.15, 0.2) is 0 Å². The zero-order valence-corrected chi connectivity index (χ0v) is 9.63. The first-order valence-electron chi connectivity index (χ1n) is 6.01. The van der Waals surface area contributed by atoms with Crippen LogP contribution in [-0.2, 0) is 22.3 Å². The van der Waals surface area contributed by atoms with Gasteiger partial charge in [0.05, 0.1) is 31.7 Å². The highest BCUT2D eigenvalue weighted by molar-refractivity contribution is 5.55. The summed E-state index contributed by atoms with van der Waals surface area (Å²) in [4.78, 5) is 0. The fourth-order valence-corrected chi connectivity index (χ4v) is 2.18. The van der Waals surface area contributed by atoms with Gasteiger partial charge < -0.3 is 14.6 Å². The number of ether oxygens (including phenoxy) is 2. The Morgan fingerprint density at radius 2 is 1.88 bits per heavy atom. The van der Waals surface area contributed by atoms with E-state index >= 15 is 0 Å². The van der Waals surface area contributed by atoms with Crippen LogP contribution in [0.15, 0.2) is 24.5 Å². The molecule has 0 amide bonds. The minimum atomic E-state index is 0.363. The molecule has 0 aliphatic carbocycles. The summed E-state index contributed by atoms with van der Waals surface area (Å²) in [5.74, 6) is 0. The van der Waals surface area contributed by atoms with E-state index in [9.17, 15) is 0 Å². The molecule has 0 bridgehead atoms. The summed E-state index contributed by atoms with van der Waals surface area (Å²) in [5, 5.41) is 8.94. The summed E-state index contributed by atoms with van der Waals surface area (Å²) in [7, 11) is 0. The zero-order valence-electron chi connectivity index (χ0n) is 9.63. The fraction of sp³-hybridized carbons (Fsp3) is 0.429. The lowest BCUT2D eigenvalue weighted by atomic mass is 9.94. The molecule has 2 atom stereocenters. The molecule has 3 nitrogen and oxygen atoms in total. The molecule has 2 heterocycles. The Bertz CT molecular complexity index is 431. The van der Waals surface area contributed by atoms with Crippen LogP contribution >= 0.6 is 0 Å². The van der Waals surface area contributed by atoms with Crippen LogP contribution in [-0.4, -0.2) is 30.5 Å². The Morgan fingerprint density at radius 1 is 1.18 bits per heavy atom. The van der Waals surface area contributed by atoms with Gasteiger partial charge >= 0.3 is 0 Å². The number of benzene rings is 1. The SMILES string of the molecule is OC=Cc1cccc(CC2CO2)c1CC1CO1. The van der Waals surface area contributed by atoms with Crippen molar-refractivity contribution >= 4 is 6.08 Å². The number of hydrogen-bond acceptors (Lipinski definition) is 3. The summed E-state index contributed by atoms with van der Waals surface area (Å²) in [6, 6.07) is 6.21. The molecule has 1 aromatic rings. The molecule has 3 rings (SSSR count). The van der Waals surface area contributed by atoms with E-state index in [4.69, 9.17) is 14.6 Å². The van der Waals surface area contributed by atoms with E-state index in [2.05, 4.69) is 6.07 Å². The Labute approximate surface area is 101 Å². The Kier molecular flexibility index (Phi) is 2.87. The van der Waals surface area contributed by atoms with Gasteiger partial charge in [0.25, 0.3) is 0 Å². The summed E-state index contributed by atoms with van der Waals surface area (Å²) >= 11 is 0. The van der Waals surface area contributed by atoms with Gasteiger partial charge in [0, 0.05) is 12.8 Å². The van der Waals surface area contributed by atoms with Crippen LogP contribution in [0.1, 0.15) is 16.7 Å². The maximum atomic E-state index is 8.94. The van der Waals surface area contributed by atoms with Crippen molar-refractivity contribution in [3.05, 3.63) is 41.2 Å². The standard InChI is InChI=1S/C14H16O3/c15-5-4-10-2-1-3-11(6-12-8-16-12)14(10)7-13-9-17-13/h1-5,12-13,15H,6-9H2. The van der Waals surface area contributed by atoms with Crippen LogP contribution in [0.3, 0.4) is 0 Å². The summed E-state index contributed by atoms with van der Waals surface area (Å²) in [6.45, 7) is 1.73. The van der Waals surface area contributed by atoms with E-state index in [1.807, 2.05) is 12.1 Å². The van der Waals surface area contributed by atoms with E-state index in [1.165, 1.54) is 11.1 Å². The van der Waals surface area contributed by atoms with Crippen molar-refractivity contribution in [1.82, 2.24) is 0 Å². The van der Waals surface area contributed by atoms with Gasteiger partial charge in [0.1, 0.15) is 0 Å². The fourth-order valence-electron chi connectivity index (χ4n) is 2.18. The highest BCUT2D eigenvalue weighted by Crippen LogP contribution is 2.26. The Balaban J connectivity index is 1.89. The van der Waals surface area contributed by atoms with Crippen LogP contribution in [0.4, 0.5) is 0 Å². The number of rotatable bonds is 5. The predicted octanol–water partition coefficient (Wildman–Crippen LogP) is 2.10. The normalized spacial score (nSPS) is 26.4. The maximum absolute atomic E-state index is 8.94. The third-order valence-electron chi connectivity index (χ3n) is 3.25. The highest BCUT2D eigenvalue weighted by atomic mass is 16.6. The van der Waals surface area contributed by atoms with Crippen LogP contribution in [0.25, 0.3) is 6.08 Å². The third-order valence-corrected chi connectivity index (χ3v) is 3.25. The molecular weight excluding hydrogens is 216 g/mol. The quantitative estimate of drug-likeness (QED) is 0.624. The van der Waals surface area contributed by atoms with Crippen LogP contribution in [0.2, 0.25) is 0 Å². The van der Waals surface area contributed by atoms with Gasteiger partial charge in [0.2, 0.25) is 0 Å². The maximum Gasteiger partial charge on any atom is 0.0850 e.